The summed E-state index contributed by atoms with van der Waals surface area (Å²) in [6.07, 6.45) is 0.741. The number of carbonyl (C=O) groups is 1. The van der Waals surface area contributed by atoms with Crippen molar-refractivity contribution in [3.8, 4) is 0 Å². The van der Waals surface area contributed by atoms with Crippen LogP contribution in [0.3, 0.4) is 0 Å². The Morgan fingerprint density at radius 3 is 2.90 bits per heavy atom. The molecule has 0 saturated carbocycles. The van der Waals surface area contributed by atoms with Gasteiger partial charge in [-0.3, -0.25) is 14.9 Å². The van der Waals surface area contributed by atoms with Crippen molar-refractivity contribution in [2.75, 3.05) is 38.7 Å². The fourth-order valence-corrected chi connectivity index (χ4v) is 2.14. The molecule has 1 aliphatic heterocycles. The van der Waals surface area contributed by atoms with Crippen LogP contribution in [0.1, 0.15) is 16.8 Å². The van der Waals surface area contributed by atoms with Gasteiger partial charge in [0.2, 0.25) is 0 Å². The van der Waals surface area contributed by atoms with E-state index in [9.17, 15) is 14.9 Å². The van der Waals surface area contributed by atoms with E-state index in [0.29, 0.717) is 32.0 Å². The molecule has 0 unspecified atom stereocenters. The second-order valence-electron chi connectivity index (χ2n) is 4.50. The Morgan fingerprint density at radius 2 is 2.20 bits per heavy atom. The molecule has 7 heteroatoms. The summed E-state index contributed by atoms with van der Waals surface area (Å²) in [6, 6.07) is 4.46. The van der Waals surface area contributed by atoms with E-state index >= 15 is 0 Å². The van der Waals surface area contributed by atoms with Crippen LogP contribution in [0.4, 0.5) is 11.4 Å². The van der Waals surface area contributed by atoms with E-state index in [2.05, 4.69) is 5.32 Å². The fraction of sp³-hybridized carbons (Fsp3) is 0.462. The van der Waals surface area contributed by atoms with E-state index in [-0.39, 0.29) is 17.2 Å². The molecule has 1 aromatic rings. The van der Waals surface area contributed by atoms with Crippen LogP contribution in [-0.4, -0.2) is 49.1 Å². The standard InChI is InChI=1S/C13H17N3O4/c1-14-10-3-4-12(16(18)19)11(9-10)13(17)15-5-2-7-20-8-6-15/h3-4,9,14H,2,5-8H2,1H3. The highest BCUT2D eigenvalue weighted by Gasteiger charge is 2.25. The Hall–Kier alpha value is -2.15. The minimum Gasteiger partial charge on any atom is -0.388 e. The average Bonchev–Trinajstić information content (AvgIpc) is 2.74. The highest BCUT2D eigenvalue weighted by Crippen LogP contribution is 2.24. The Kier molecular flexibility index (Phi) is 4.52. The lowest BCUT2D eigenvalue weighted by atomic mass is 10.1. The number of carbonyl (C=O) groups excluding carboxylic acids is 1. The number of nitrogens with one attached hydrogen (secondary N) is 1. The van der Waals surface area contributed by atoms with Gasteiger partial charge in [0.25, 0.3) is 11.6 Å². The first-order valence-electron chi connectivity index (χ1n) is 6.46. The van der Waals surface area contributed by atoms with Gasteiger partial charge in [-0.25, -0.2) is 0 Å². The number of hydrogen-bond donors (Lipinski definition) is 1. The number of nitrogens with zero attached hydrogens (tertiary/aromatic N) is 2. The topological polar surface area (TPSA) is 84.7 Å². The number of ether oxygens (including phenoxy) is 1. The number of benzene rings is 1. The van der Waals surface area contributed by atoms with Gasteiger partial charge in [-0.1, -0.05) is 0 Å². The molecular weight excluding hydrogens is 262 g/mol. The third-order valence-corrected chi connectivity index (χ3v) is 3.22. The van der Waals surface area contributed by atoms with Crippen LogP contribution in [0, 0.1) is 10.1 Å². The van der Waals surface area contributed by atoms with E-state index in [4.69, 9.17) is 4.74 Å². The molecule has 1 aromatic carbocycles. The molecule has 1 heterocycles. The van der Waals surface area contributed by atoms with Gasteiger partial charge >= 0.3 is 0 Å². The molecular formula is C13H17N3O4. The van der Waals surface area contributed by atoms with Crippen molar-refractivity contribution in [2.24, 2.45) is 0 Å². The Bertz CT molecular complexity index is 510. The van der Waals surface area contributed by atoms with Gasteiger partial charge in [0, 0.05) is 38.5 Å². The molecule has 108 valence electrons. The van der Waals surface area contributed by atoms with Gasteiger partial charge in [-0.15, -0.1) is 0 Å². The predicted octanol–water partition coefficient (Wildman–Crippen LogP) is 1.50. The molecule has 0 radical (unpaired) electrons. The third-order valence-electron chi connectivity index (χ3n) is 3.22. The first kappa shape index (κ1) is 14.3. The zero-order valence-electron chi connectivity index (χ0n) is 11.3. The van der Waals surface area contributed by atoms with Crippen molar-refractivity contribution in [3.63, 3.8) is 0 Å². The molecule has 0 atom stereocenters. The first-order valence-corrected chi connectivity index (χ1v) is 6.46. The second-order valence-corrected chi connectivity index (χ2v) is 4.50. The van der Waals surface area contributed by atoms with Crippen LogP contribution in [0.2, 0.25) is 0 Å². The molecule has 1 fully saturated rings. The number of anilines is 1. The van der Waals surface area contributed by atoms with Crippen molar-refractivity contribution in [3.05, 3.63) is 33.9 Å². The molecule has 1 N–H and O–H groups in total. The van der Waals surface area contributed by atoms with E-state index < -0.39 is 4.92 Å². The summed E-state index contributed by atoms with van der Waals surface area (Å²) in [6.45, 7) is 2.09. The summed E-state index contributed by atoms with van der Waals surface area (Å²) in [4.78, 5) is 24.6. The Labute approximate surface area is 116 Å². The zero-order chi connectivity index (χ0) is 14.5. The number of amides is 1. The first-order chi connectivity index (χ1) is 9.63. The molecule has 20 heavy (non-hydrogen) atoms. The van der Waals surface area contributed by atoms with Crippen molar-refractivity contribution in [2.45, 2.75) is 6.42 Å². The van der Waals surface area contributed by atoms with Crippen molar-refractivity contribution in [1.29, 1.82) is 0 Å². The van der Waals surface area contributed by atoms with Crippen LogP contribution in [0.15, 0.2) is 18.2 Å². The molecule has 0 spiro atoms. The van der Waals surface area contributed by atoms with Crippen LogP contribution < -0.4 is 5.32 Å². The van der Waals surface area contributed by atoms with E-state index in [1.165, 1.54) is 12.1 Å². The smallest absolute Gasteiger partial charge is 0.282 e. The van der Waals surface area contributed by atoms with Gasteiger partial charge in [0.15, 0.2) is 0 Å². The summed E-state index contributed by atoms with van der Waals surface area (Å²) < 4.78 is 5.29. The van der Waals surface area contributed by atoms with Crippen molar-refractivity contribution in [1.82, 2.24) is 4.90 Å². The van der Waals surface area contributed by atoms with Crippen LogP contribution in [-0.2, 0) is 4.74 Å². The van der Waals surface area contributed by atoms with Crippen LogP contribution in [0.25, 0.3) is 0 Å². The summed E-state index contributed by atoms with van der Waals surface area (Å²) in [5, 5.41) is 14.0. The molecule has 0 aliphatic carbocycles. The maximum absolute atomic E-state index is 12.5. The van der Waals surface area contributed by atoms with Gasteiger partial charge in [-0.05, 0) is 18.6 Å². The fourth-order valence-electron chi connectivity index (χ4n) is 2.14. The third kappa shape index (κ3) is 3.05. The lowest BCUT2D eigenvalue weighted by molar-refractivity contribution is -0.385. The average molecular weight is 279 g/mol. The number of hydrogen-bond acceptors (Lipinski definition) is 5. The molecule has 7 nitrogen and oxygen atoms in total. The maximum Gasteiger partial charge on any atom is 0.282 e. The van der Waals surface area contributed by atoms with Gasteiger partial charge in [-0.2, -0.15) is 0 Å². The molecule has 2 rings (SSSR count). The monoisotopic (exact) mass is 279 g/mol. The highest BCUT2D eigenvalue weighted by atomic mass is 16.6. The minimum atomic E-state index is -0.527. The molecule has 1 saturated heterocycles. The van der Waals surface area contributed by atoms with Gasteiger partial charge in [0.1, 0.15) is 5.56 Å². The largest absolute Gasteiger partial charge is 0.388 e. The summed E-state index contributed by atoms with van der Waals surface area (Å²) >= 11 is 0. The van der Waals surface area contributed by atoms with Gasteiger partial charge in [0.05, 0.1) is 11.5 Å². The molecule has 0 aromatic heterocycles. The van der Waals surface area contributed by atoms with Crippen molar-refractivity contribution < 1.29 is 14.5 Å². The Balaban J connectivity index is 2.33. The number of nitro groups is 1. The van der Waals surface area contributed by atoms with Crippen molar-refractivity contribution >= 4 is 17.3 Å². The quantitative estimate of drug-likeness (QED) is 0.669. The normalized spacial score (nSPS) is 15.6. The lowest BCUT2D eigenvalue weighted by Gasteiger charge is -2.19. The zero-order valence-corrected chi connectivity index (χ0v) is 11.3. The maximum atomic E-state index is 12.5. The highest BCUT2D eigenvalue weighted by molar-refractivity contribution is 5.99. The minimum absolute atomic E-state index is 0.115. The summed E-state index contributed by atoms with van der Waals surface area (Å²) in [5.74, 6) is -0.320. The number of rotatable bonds is 3. The van der Waals surface area contributed by atoms with Crippen LogP contribution >= 0.6 is 0 Å². The molecule has 0 bridgehead atoms. The summed E-state index contributed by atoms with van der Waals surface area (Å²) in [7, 11) is 1.70. The Morgan fingerprint density at radius 1 is 1.40 bits per heavy atom. The van der Waals surface area contributed by atoms with E-state index in [0.717, 1.165) is 6.42 Å². The number of nitro benzene ring substituents is 1. The van der Waals surface area contributed by atoms with E-state index in [1.54, 1.807) is 18.0 Å². The SMILES string of the molecule is CNc1ccc([N+](=O)[O-])c(C(=O)N2CCCOCC2)c1. The molecule has 1 amide bonds. The van der Waals surface area contributed by atoms with Crippen LogP contribution in [0.5, 0.6) is 0 Å². The predicted molar refractivity (Wildman–Crippen MR) is 74.0 cm³/mol. The molecule has 1 aliphatic rings. The van der Waals surface area contributed by atoms with E-state index in [1.807, 2.05) is 0 Å². The summed E-state index contributed by atoms with van der Waals surface area (Å²) in [5.41, 5.74) is 0.618. The van der Waals surface area contributed by atoms with Gasteiger partial charge < -0.3 is 15.0 Å². The lowest BCUT2D eigenvalue weighted by Crippen LogP contribution is -2.33. The second kappa shape index (κ2) is 6.33.